The van der Waals surface area contributed by atoms with Crippen LogP contribution in [0.4, 0.5) is 5.82 Å². The molecule has 1 aliphatic heterocycles. The minimum atomic E-state index is 0.0389. The van der Waals surface area contributed by atoms with E-state index in [9.17, 15) is 4.79 Å². The van der Waals surface area contributed by atoms with E-state index in [-0.39, 0.29) is 5.91 Å². The van der Waals surface area contributed by atoms with E-state index in [4.69, 9.17) is 0 Å². The van der Waals surface area contributed by atoms with Gasteiger partial charge in [0, 0.05) is 37.1 Å². The van der Waals surface area contributed by atoms with Crippen molar-refractivity contribution in [2.24, 2.45) is 0 Å². The van der Waals surface area contributed by atoms with Crippen LogP contribution in [0, 0.1) is 0 Å². The second-order valence-electron chi connectivity index (χ2n) is 6.38. The molecule has 4 aromatic rings. The summed E-state index contributed by atoms with van der Waals surface area (Å²) in [5, 5.41) is 8.86. The van der Waals surface area contributed by atoms with Crippen molar-refractivity contribution >= 4 is 33.7 Å². The van der Waals surface area contributed by atoms with Gasteiger partial charge in [0.15, 0.2) is 5.65 Å². The number of benzene rings is 1. The highest BCUT2D eigenvalue weighted by atomic mass is 16.2. The van der Waals surface area contributed by atoms with Crippen molar-refractivity contribution < 1.29 is 4.79 Å². The number of amides is 1. The Bertz CT molecular complexity index is 1060. The van der Waals surface area contributed by atoms with Crippen molar-refractivity contribution in [1.82, 2.24) is 30.0 Å². The summed E-state index contributed by atoms with van der Waals surface area (Å²) in [6.45, 7) is 2.75. The Kier molecular flexibility index (Phi) is 3.34. The summed E-state index contributed by atoms with van der Waals surface area (Å²) < 4.78 is 0. The van der Waals surface area contributed by atoms with Crippen molar-refractivity contribution in [3.05, 3.63) is 48.5 Å². The fourth-order valence-electron chi connectivity index (χ4n) is 3.48. The Morgan fingerprint density at radius 1 is 1.08 bits per heavy atom. The molecule has 5 rings (SSSR count). The summed E-state index contributed by atoms with van der Waals surface area (Å²) in [6, 6.07) is 9.84. The lowest BCUT2D eigenvalue weighted by molar-refractivity contribution is 0.0741. The number of piperazine rings is 1. The van der Waals surface area contributed by atoms with Crippen LogP contribution in [0.5, 0.6) is 0 Å². The first kappa shape index (κ1) is 14.9. The van der Waals surface area contributed by atoms with Crippen LogP contribution in [-0.4, -0.2) is 62.1 Å². The Balaban J connectivity index is 1.33. The Hall–Kier alpha value is -3.42. The summed E-state index contributed by atoms with van der Waals surface area (Å²) in [4.78, 5) is 28.7. The molecule has 1 fully saturated rings. The predicted octanol–water partition coefficient (Wildman–Crippen LogP) is 1.80. The van der Waals surface area contributed by atoms with Crippen LogP contribution in [0.2, 0.25) is 0 Å². The number of carbonyl (C=O) groups excluding carboxylic acids is 1. The van der Waals surface area contributed by atoms with E-state index in [1.807, 2.05) is 35.2 Å². The van der Waals surface area contributed by atoms with Gasteiger partial charge in [0.05, 0.1) is 11.6 Å². The van der Waals surface area contributed by atoms with Gasteiger partial charge in [0.1, 0.15) is 17.8 Å². The van der Waals surface area contributed by atoms with Crippen LogP contribution in [0.25, 0.3) is 21.9 Å². The van der Waals surface area contributed by atoms with E-state index in [1.165, 1.54) is 6.33 Å². The van der Waals surface area contributed by atoms with Crippen LogP contribution in [0.15, 0.2) is 42.9 Å². The molecule has 0 aliphatic carbocycles. The summed E-state index contributed by atoms with van der Waals surface area (Å²) in [6.07, 6.45) is 3.28. The number of nitrogens with one attached hydrogen (secondary N) is 2. The zero-order valence-electron chi connectivity index (χ0n) is 14.0. The molecule has 8 nitrogen and oxygen atoms in total. The smallest absolute Gasteiger partial charge is 0.270 e. The number of aromatic amines is 2. The first-order valence-electron chi connectivity index (χ1n) is 8.56. The second-order valence-corrected chi connectivity index (χ2v) is 6.38. The number of anilines is 1. The molecule has 0 bridgehead atoms. The molecule has 2 N–H and O–H groups in total. The number of carbonyl (C=O) groups is 1. The van der Waals surface area contributed by atoms with Crippen LogP contribution in [-0.2, 0) is 0 Å². The molecule has 1 amide bonds. The number of aromatic nitrogens is 5. The van der Waals surface area contributed by atoms with Gasteiger partial charge in [0.2, 0.25) is 0 Å². The molecule has 8 heteroatoms. The lowest BCUT2D eigenvalue weighted by atomic mass is 10.2. The van der Waals surface area contributed by atoms with E-state index in [0.717, 1.165) is 40.8 Å². The number of fused-ring (bicyclic) bond motifs is 2. The minimum Gasteiger partial charge on any atom is -0.352 e. The molecule has 0 atom stereocenters. The molecule has 26 heavy (non-hydrogen) atoms. The van der Waals surface area contributed by atoms with Gasteiger partial charge in [-0.25, -0.2) is 9.97 Å². The molecule has 0 spiro atoms. The predicted molar refractivity (Wildman–Crippen MR) is 98.1 cm³/mol. The second kappa shape index (κ2) is 5.83. The van der Waals surface area contributed by atoms with Gasteiger partial charge < -0.3 is 14.8 Å². The van der Waals surface area contributed by atoms with Gasteiger partial charge in [-0.1, -0.05) is 18.2 Å². The van der Waals surface area contributed by atoms with Crippen LogP contribution < -0.4 is 4.90 Å². The average Bonchev–Trinajstić information content (AvgIpc) is 3.34. The highest BCUT2D eigenvalue weighted by Crippen LogP contribution is 2.23. The minimum absolute atomic E-state index is 0.0389. The normalized spacial score (nSPS) is 15.1. The maximum atomic E-state index is 12.8. The third-order valence-corrected chi connectivity index (χ3v) is 4.85. The lowest BCUT2D eigenvalue weighted by Gasteiger charge is -2.35. The molecule has 3 aromatic heterocycles. The van der Waals surface area contributed by atoms with E-state index in [2.05, 4.69) is 30.0 Å². The van der Waals surface area contributed by atoms with Crippen molar-refractivity contribution in [3.63, 3.8) is 0 Å². The number of hydrogen-bond acceptors (Lipinski definition) is 5. The molecule has 1 saturated heterocycles. The lowest BCUT2D eigenvalue weighted by Crippen LogP contribution is -2.49. The summed E-state index contributed by atoms with van der Waals surface area (Å²) >= 11 is 0. The molecule has 1 aromatic carbocycles. The molecular weight excluding hydrogens is 330 g/mol. The van der Waals surface area contributed by atoms with Crippen LogP contribution in [0.3, 0.4) is 0 Å². The van der Waals surface area contributed by atoms with Gasteiger partial charge in [-0.05, 0) is 12.1 Å². The van der Waals surface area contributed by atoms with Crippen molar-refractivity contribution in [2.45, 2.75) is 0 Å². The third kappa shape index (κ3) is 2.38. The summed E-state index contributed by atoms with van der Waals surface area (Å²) in [5.41, 5.74) is 2.35. The monoisotopic (exact) mass is 347 g/mol. The van der Waals surface area contributed by atoms with Gasteiger partial charge in [-0.3, -0.25) is 9.89 Å². The first-order valence-corrected chi connectivity index (χ1v) is 8.56. The zero-order chi connectivity index (χ0) is 17.5. The Morgan fingerprint density at radius 2 is 1.92 bits per heavy atom. The SMILES string of the molecule is O=C(c1cc2ccccc2[nH]1)N1CCN(c2ncnc3[nH]ncc23)CC1. The molecular formula is C18H17N7O. The van der Waals surface area contributed by atoms with Gasteiger partial charge in [-0.2, -0.15) is 5.10 Å². The number of rotatable bonds is 2. The first-order chi connectivity index (χ1) is 12.8. The number of para-hydroxylation sites is 1. The van der Waals surface area contributed by atoms with E-state index in [0.29, 0.717) is 18.8 Å². The molecule has 0 unspecified atom stereocenters. The highest BCUT2D eigenvalue weighted by Gasteiger charge is 2.25. The van der Waals surface area contributed by atoms with Crippen molar-refractivity contribution in [1.29, 1.82) is 0 Å². The van der Waals surface area contributed by atoms with Crippen molar-refractivity contribution in [2.75, 3.05) is 31.1 Å². The van der Waals surface area contributed by atoms with Crippen molar-refractivity contribution in [3.8, 4) is 0 Å². The molecule has 0 radical (unpaired) electrons. The zero-order valence-corrected chi connectivity index (χ0v) is 14.0. The van der Waals surface area contributed by atoms with E-state index in [1.54, 1.807) is 6.20 Å². The molecule has 1 aliphatic rings. The third-order valence-electron chi connectivity index (χ3n) is 4.85. The largest absolute Gasteiger partial charge is 0.352 e. The quantitative estimate of drug-likeness (QED) is 0.577. The number of H-pyrrole nitrogens is 2. The molecule has 130 valence electrons. The Morgan fingerprint density at radius 3 is 2.77 bits per heavy atom. The van der Waals surface area contributed by atoms with Gasteiger partial charge in [0.25, 0.3) is 5.91 Å². The van der Waals surface area contributed by atoms with Gasteiger partial charge in [-0.15, -0.1) is 0 Å². The Labute approximate surface area is 148 Å². The van der Waals surface area contributed by atoms with E-state index < -0.39 is 0 Å². The van der Waals surface area contributed by atoms with Gasteiger partial charge >= 0.3 is 0 Å². The molecule has 0 saturated carbocycles. The van der Waals surface area contributed by atoms with Crippen LogP contribution >= 0.6 is 0 Å². The maximum absolute atomic E-state index is 12.8. The maximum Gasteiger partial charge on any atom is 0.270 e. The van der Waals surface area contributed by atoms with E-state index >= 15 is 0 Å². The summed E-state index contributed by atoms with van der Waals surface area (Å²) in [7, 11) is 0. The van der Waals surface area contributed by atoms with Crippen LogP contribution in [0.1, 0.15) is 10.5 Å². The number of hydrogen-bond donors (Lipinski definition) is 2. The fourth-order valence-corrected chi connectivity index (χ4v) is 3.48. The molecule has 4 heterocycles. The average molecular weight is 347 g/mol. The highest BCUT2D eigenvalue weighted by molar-refractivity contribution is 5.98. The number of nitrogens with zero attached hydrogens (tertiary/aromatic N) is 5. The topological polar surface area (TPSA) is 93.8 Å². The fraction of sp³-hybridized carbons (Fsp3) is 0.222. The summed E-state index contributed by atoms with van der Waals surface area (Å²) in [5.74, 6) is 0.901. The standard InChI is InChI=1S/C18H17N7O/c26-18(15-9-12-3-1-2-4-14(12)22-15)25-7-5-24(6-8-25)17-13-10-21-23-16(13)19-11-20-17/h1-4,9-11,22H,5-8H2,(H,19,20,21,23).